The molecule has 4 nitrogen and oxygen atoms in total. The van der Waals surface area contributed by atoms with Crippen LogP contribution in [-0.4, -0.2) is 20.2 Å². The third-order valence-corrected chi connectivity index (χ3v) is 4.56. The molecule has 0 amide bonds. The number of aromatic amines is 1. The minimum Gasteiger partial charge on any atom is -0.282 e. The average Bonchev–Trinajstić information content (AvgIpc) is 3.02. The molecule has 0 fully saturated rings. The lowest BCUT2D eigenvalue weighted by molar-refractivity contribution is 0.868. The number of hydrogen-bond donors (Lipinski definition) is 1. The van der Waals surface area contributed by atoms with Crippen molar-refractivity contribution in [2.75, 3.05) is 0 Å². The van der Waals surface area contributed by atoms with Crippen LogP contribution in [0.5, 0.6) is 0 Å². The second-order valence-electron chi connectivity index (χ2n) is 6.59. The lowest BCUT2D eigenvalue weighted by Crippen LogP contribution is -1.94. The summed E-state index contributed by atoms with van der Waals surface area (Å²) in [4.78, 5) is 9.03. The van der Waals surface area contributed by atoms with Crippen molar-refractivity contribution in [3.8, 4) is 22.5 Å². The van der Waals surface area contributed by atoms with Crippen LogP contribution in [0.4, 0.5) is 0 Å². The Kier molecular flexibility index (Phi) is 3.80. The minimum atomic E-state index is 0.468. The van der Waals surface area contributed by atoms with Crippen molar-refractivity contribution < 1.29 is 0 Å². The van der Waals surface area contributed by atoms with E-state index in [0.717, 1.165) is 39.1 Å². The van der Waals surface area contributed by atoms with E-state index >= 15 is 0 Å². The molecule has 0 atom stereocenters. The highest BCUT2D eigenvalue weighted by atomic mass is 15.1. The zero-order valence-electron chi connectivity index (χ0n) is 14.6. The molecule has 0 unspecified atom stereocenters. The number of fused-ring (bicyclic) bond motifs is 1. The first-order valence-electron chi connectivity index (χ1n) is 8.50. The summed E-state index contributed by atoms with van der Waals surface area (Å²) in [5.41, 5.74) is 7.22. The number of aryl methyl sites for hydroxylation is 1. The van der Waals surface area contributed by atoms with Crippen molar-refractivity contribution in [3.63, 3.8) is 0 Å². The number of nitrogens with zero attached hydrogens (tertiary/aromatic N) is 3. The van der Waals surface area contributed by atoms with Gasteiger partial charge in [-0.1, -0.05) is 56.3 Å². The minimum absolute atomic E-state index is 0.468. The zero-order chi connectivity index (χ0) is 17.4. The summed E-state index contributed by atoms with van der Waals surface area (Å²) < 4.78 is 0. The van der Waals surface area contributed by atoms with Crippen molar-refractivity contribution in [1.29, 1.82) is 0 Å². The highest BCUT2D eigenvalue weighted by Gasteiger charge is 2.18. The molecule has 2 aromatic heterocycles. The third-order valence-electron chi connectivity index (χ3n) is 4.56. The Hall–Kier alpha value is -3.01. The summed E-state index contributed by atoms with van der Waals surface area (Å²) in [5.74, 6) is 0.468. The second kappa shape index (κ2) is 6.13. The lowest BCUT2D eigenvalue weighted by atomic mass is 9.98. The molecule has 2 heterocycles. The largest absolute Gasteiger partial charge is 0.282 e. The highest BCUT2D eigenvalue weighted by Crippen LogP contribution is 2.35. The molecule has 4 rings (SSSR count). The van der Waals surface area contributed by atoms with Gasteiger partial charge in [-0.05, 0) is 30.0 Å². The van der Waals surface area contributed by atoms with E-state index in [4.69, 9.17) is 0 Å². The Bertz CT molecular complexity index is 1030. The number of rotatable bonds is 3. The molecule has 0 saturated carbocycles. The van der Waals surface area contributed by atoms with Gasteiger partial charge in [0.2, 0.25) is 0 Å². The predicted octanol–water partition coefficient (Wildman–Crippen LogP) is 5.12. The molecule has 0 aliphatic rings. The van der Waals surface area contributed by atoms with Crippen LogP contribution in [0.2, 0.25) is 0 Å². The summed E-state index contributed by atoms with van der Waals surface area (Å²) >= 11 is 0. The molecular weight excluding hydrogens is 308 g/mol. The summed E-state index contributed by atoms with van der Waals surface area (Å²) in [7, 11) is 0. The summed E-state index contributed by atoms with van der Waals surface area (Å²) in [6.07, 6.45) is 1.63. The van der Waals surface area contributed by atoms with Crippen LogP contribution in [0.15, 0.2) is 54.9 Å². The van der Waals surface area contributed by atoms with Crippen molar-refractivity contribution in [3.05, 3.63) is 66.1 Å². The molecule has 124 valence electrons. The molecule has 0 saturated heterocycles. The Morgan fingerprint density at radius 1 is 0.920 bits per heavy atom. The average molecular weight is 328 g/mol. The van der Waals surface area contributed by atoms with Gasteiger partial charge in [-0.2, -0.15) is 5.10 Å². The first-order valence-corrected chi connectivity index (χ1v) is 8.50. The quantitative estimate of drug-likeness (QED) is 0.568. The lowest BCUT2D eigenvalue weighted by Gasteiger charge is -2.09. The standard InChI is InChI=1S/C21H20N4/c1-13(2)16-9-10-17-18(11-16)22-12-23-20(17)21-19(14(3)24-25-21)15-7-5-4-6-8-15/h4-13H,1-3H3,(H,24,25). The fourth-order valence-electron chi connectivity index (χ4n) is 3.18. The van der Waals surface area contributed by atoms with Gasteiger partial charge in [0, 0.05) is 16.6 Å². The molecule has 0 aliphatic carbocycles. The number of nitrogens with one attached hydrogen (secondary N) is 1. The first kappa shape index (κ1) is 15.5. The van der Waals surface area contributed by atoms with Gasteiger partial charge in [-0.15, -0.1) is 0 Å². The molecular formula is C21H20N4. The maximum absolute atomic E-state index is 4.56. The number of H-pyrrole nitrogens is 1. The van der Waals surface area contributed by atoms with Crippen LogP contribution >= 0.6 is 0 Å². The van der Waals surface area contributed by atoms with Crippen molar-refractivity contribution in [2.45, 2.75) is 26.7 Å². The zero-order valence-corrected chi connectivity index (χ0v) is 14.6. The monoisotopic (exact) mass is 328 g/mol. The SMILES string of the molecule is Cc1[nH]nc(-c2ncnc3cc(C(C)C)ccc23)c1-c1ccccc1. The van der Waals surface area contributed by atoms with Crippen LogP contribution < -0.4 is 0 Å². The van der Waals surface area contributed by atoms with Crippen LogP contribution in [0.25, 0.3) is 33.4 Å². The van der Waals surface area contributed by atoms with Gasteiger partial charge in [-0.25, -0.2) is 9.97 Å². The van der Waals surface area contributed by atoms with E-state index in [1.54, 1.807) is 6.33 Å². The molecule has 25 heavy (non-hydrogen) atoms. The summed E-state index contributed by atoms with van der Waals surface area (Å²) in [6, 6.07) is 16.7. The van der Waals surface area contributed by atoms with Gasteiger partial charge < -0.3 is 0 Å². The molecule has 4 heteroatoms. The molecule has 2 aromatic carbocycles. The van der Waals surface area contributed by atoms with Gasteiger partial charge >= 0.3 is 0 Å². The number of hydrogen-bond acceptors (Lipinski definition) is 3. The molecule has 0 spiro atoms. The molecule has 0 aliphatic heterocycles. The van der Waals surface area contributed by atoms with Gasteiger partial charge in [0.25, 0.3) is 0 Å². The molecule has 4 aromatic rings. The third kappa shape index (κ3) is 2.70. The van der Waals surface area contributed by atoms with E-state index in [2.05, 4.69) is 64.3 Å². The molecule has 1 N–H and O–H groups in total. The van der Waals surface area contributed by atoms with Gasteiger partial charge in [0.15, 0.2) is 0 Å². The summed E-state index contributed by atoms with van der Waals surface area (Å²) in [5, 5.41) is 8.70. The maximum Gasteiger partial charge on any atom is 0.119 e. The van der Waals surface area contributed by atoms with Gasteiger partial charge in [0.1, 0.15) is 17.7 Å². The first-order chi connectivity index (χ1) is 12.1. The van der Waals surface area contributed by atoms with Crippen LogP contribution in [0.1, 0.15) is 31.0 Å². The fraction of sp³-hybridized carbons (Fsp3) is 0.190. The van der Waals surface area contributed by atoms with E-state index in [9.17, 15) is 0 Å². The van der Waals surface area contributed by atoms with E-state index < -0.39 is 0 Å². The second-order valence-corrected chi connectivity index (χ2v) is 6.59. The van der Waals surface area contributed by atoms with Crippen molar-refractivity contribution in [1.82, 2.24) is 20.2 Å². The smallest absolute Gasteiger partial charge is 0.119 e. The van der Waals surface area contributed by atoms with Gasteiger partial charge in [-0.3, -0.25) is 5.10 Å². The van der Waals surface area contributed by atoms with E-state index in [1.807, 2.05) is 25.1 Å². The number of benzene rings is 2. The Morgan fingerprint density at radius 2 is 1.72 bits per heavy atom. The Morgan fingerprint density at radius 3 is 2.48 bits per heavy atom. The topological polar surface area (TPSA) is 54.5 Å². The van der Waals surface area contributed by atoms with Crippen molar-refractivity contribution >= 4 is 10.9 Å². The number of aromatic nitrogens is 4. The molecule has 0 radical (unpaired) electrons. The maximum atomic E-state index is 4.56. The molecule has 0 bridgehead atoms. The Labute approximate surface area is 147 Å². The highest BCUT2D eigenvalue weighted by molar-refractivity contribution is 5.96. The van der Waals surface area contributed by atoms with Crippen LogP contribution in [0, 0.1) is 6.92 Å². The van der Waals surface area contributed by atoms with E-state index in [0.29, 0.717) is 5.92 Å². The van der Waals surface area contributed by atoms with Crippen molar-refractivity contribution in [2.24, 2.45) is 0 Å². The van der Waals surface area contributed by atoms with E-state index in [1.165, 1.54) is 5.56 Å². The van der Waals surface area contributed by atoms with Crippen LogP contribution in [-0.2, 0) is 0 Å². The predicted molar refractivity (Wildman–Crippen MR) is 101 cm³/mol. The summed E-state index contributed by atoms with van der Waals surface area (Å²) in [6.45, 7) is 6.42. The Balaban J connectivity index is 1.95. The van der Waals surface area contributed by atoms with Crippen LogP contribution in [0.3, 0.4) is 0 Å². The van der Waals surface area contributed by atoms with Gasteiger partial charge in [0.05, 0.1) is 5.52 Å². The fourth-order valence-corrected chi connectivity index (χ4v) is 3.18. The normalized spacial score (nSPS) is 11.4. The van der Waals surface area contributed by atoms with E-state index in [-0.39, 0.29) is 0 Å².